The molecule has 0 bridgehead atoms. The number of esters is 3. The van der Waals surface area contributed by atoms with Crippen LogP contribution in [0.4, 0.5) is 0 Å². The molecule has 6 nitrogen and oxygen atoms in total. The first kappa shape index (κ1) is 67.3. The van der Waals surface area contributed by atoms with Gasteiger partial charge in [-0.15, -0.1) is 0 Å². The van der Waals surface area contributed by atoms with E-state index in [1.807, 2.05) is 0 Å². The number of allylic oxidation sites excluding steroid dienone is 16. The van der Waals surface area contributed by atoms with Crippen LogP contribution in [0.2, 0.25) is 0 Å². The van der Waals surface area contributed by atoms with Gasteiger partial charge >= 0.3 is 17.9 Å². The highest BCUT2D eigenvalue weighted by molar-refractivity contribution is 5.71. The molecular weight excluding hydrogens is 877 g/mol. The first-order valence-electron chi connectivity index (χ1n) is 29.7. The van der Waals surface area contributed by atoms with Crippen LogP contribution < -0.4 is 0 Å². The van der Waals surface area contributed by atoms with Crippen molar-refractivity contribution in [2.75, 3.05) is 13.2 Å². The number of ether oxygens (including phenoxy) is 3. The largest absolute Gasteiger partial charge is 0.462 e. The molecule has 0 radical (unpaired) electrons. The molecular formula is C65H110O6. The summed E-state index contributed by atoms with van der Waals surface area (Å²) in [6.45, 7) is 6.45. The van der Waals surface area contributed by atoms with Gasteiger partial charge in [-0.25, -0.2) is 0 Å². The van der Waals surface area contributed by atoms with E-state index in [-0.39, 0.29) is 31.1 Å². The van der Waals surface area contributed by atoms with E-state index >= 15 is 0 Å². The summed E-state index contributed by atoms with van der Waals surface area (Å²) in [7, 11) is 0. The van der Waals surface area contributed by atoms with E-state index in [0.717, 1.165) is 122 Å². The van der Waals surface area contributed by atoms with Gasteiger partial charge < -0.3 is 14.2 Å². The second-order valence-electron chi connectivity index (χ2n) is 19.5. The molecule has 0 amide bonds. The summed E-state index contributed by atoms with van der Waals surface area (Å²) in [4.78, 5) is 37.8. The van der Waals surface area contributed by atoms with E-state index in [1.54, 1.807) is 0 Å². The normalized spacial score (nSPS) is 12.8. The van der Waals surface area contributed by atoms with Gasteiger partial charge in [0, 0.05) is 19.3 Å². The lowest BCUT2D eigenvalue weighted by Gasteiger charge is -2.18. The second-order valence-corrected chi connectivity index (χ2v) is 19.5. The third-order valence-corrected chi connectivity index (χ3v) is 12.6. The molecule has 71 heavy (non-hydrogen) atoms. The SMILES string of the molecule is CC/C=C\C/C=C\C/C=C\C/C=C\C/C=C\C/C=C\C/C=C\C/C=C\CCCCCCCCCCC(=O)OCC(COC(=O)CCCCCCC)OC(=O)CCCCCCCCCCCCCCCCC. The average molecular weight is 988 g/mol. The van der Waals surface area contributed by atoms with Crippen LogP contribution in [0.25, 0.3) is 0 Å². The molecule has 0 aromatic rings. The minimum absolute atomic E-state index is 0.0778. The van der Waals surface area contributed by atoms with E-state index in [4.69, 9.17) is 14.2 Å². The molecule has 6 heteroatoms. The van der Waals surface area contributed by atoms with Crippen molar-refractivity contribution in [3.8, 4) is 0 Å². The van der Waals surface area contributed by atoms with Gasteiger partial charge in [0.25, 0.3) is 0 Å². The molecule has 0 fully saturated rings. The molecule has 0 aliphatic rings. The van der Waals surface area contributed by atoms with E-state index in [2.05, 4.69) is 118 Å². The summed E-state index contributed by atoms with van der Waals surface area (Å²) in [5.74, 6) is -0.895. The molecule has 0 rings (SSSR count). The van der Waals surface area contributed by atoms with Crippen molar-refractivity contribution in [3.63, 3.8) is 0 Å². The van der Waals surface area contributed by atoms with Crippen molar-refractivity contribution in [1.29, 1.82) is 0 Å². The molecule has 0 heterocycles. The Labute approximate surface area is 438 Å². The molecule has 0 saturated heterocycles. The van der Waals surface area contributed by atoms with E-state index in [1.165, 1.54) is 116 Å². The second kappa shape index (κ2) is 58.9. The highest BCUT2D eigenvalue weighted by atomic mass is 16.6. The molecule has 406 valence electrons. The standard InChI is InChI=1S/C65H110O6/c1-4-7-10-13-15-17-19-21-23-24-25-26-27-28-29-30-31-32-33-34-35-36-37-38-39-40-42-43-45-47-49-52-55-58-64(67)70-61-62(60-69-63(66)57-54-51-12-9-6-3)71-65(68)59-56-53-50-48-46-44-41-22-20-18-16-14-11-8-5-2/h7,10,15,17,21,23,25-26,28-29,31-32,34-35,37-38,62H,4-6,8-9,11-14,16,18-20,22,24,27,30,33,36,39-61H2,1-3H3/b10-7-,17-15-,23-21-,26-25-,29-28-,32-31-,35-34-,38-37-. The quantitative estimate of drug-likeness (QED) is 0.0261. The minimum atomic E-state index is -0.774. The summed E-state index contributed by atoms with van der Waals surface area (Å²) in [6, 6.07) is 0. The van der Waals surface area contributed by atoms with Gasteiger partial charge in [-0.2, -0.15) is 0 Å². The molecule has 0 aliphatic heterocycles. The van der Waals surface area contributed by atoms with Crippen molar-refractivity contribution in [2.45, 2.75) is 284 Å². The molecule has 0 saturated carbocycles. The Hall–Kier alpha value is -3.67. The summed E-state index contributed by atoms with van der Waals surface area (Å²) < 4.78 is 16.7. The van der Waals surface area contributed by atoms with Gasteiger partial charge in [0.05, 0.1) is 0 Å². The van der Waals surface area contributed by atoms with Gasteiger partial charge in [0.2, 0.25) is 0 Å². The third kappa shape index (κ3) is 57.1. The lowest BCUT2D eigenvalue weighted by Crippen LogP contribution is -2.30. The van der Waals surface area contributed by atoms with E-state index < -0.39 is 6.10 Å². The number of unbranched alkanes of at least 4 members (excludes halogenated alkanes) is 26. The van der Waals surface area contributed by atoms with Crippen molar-refractivity contribution in [1.82, 2.24) is 0 Å². The zero-order valence-electron chi connectivity index (χ0n) is 46.5. The number of carbonyl (C=O) groups excluding carboxylic acids is 3. The summed E-state index contributed by atoms with van der Waals surface area (Å²) >= 11 is 0. The number of hydrogen-bond donors (Lipinski definition) is 0. The van der Waals surface area contributed by atoms with Crippen LogP contribution in [0.5, 0.6) is 0 Å². The maximum Gasteiger partial charge on any atom is 0.306 e. The van der Waals surface area contributed by atoms with E-state index in [0.29, 0.717) is 19.3 Å². The zero-order valence-corrected chi connectivity index (χ0v) is 46.5. The lowest BCUT2D eigenvalue weighted by molar-refractivity contribution is -0.167. The van der Waals surface area contributed by atoms with Gasteiger partial charge in [0.15, 0.2) is 6.10 Å². The predicted molar refractivity (Wildman–Crippen MR) is 307 cm³/mol. The van der Waals surface area contributed by atoms with Gasteiger partial charge in [-0.3, -0.25) is 14.4 Å². The average Bonchev–Trinajstić information content (AvgIpc) is 3.37. The zero-order chi connectivity index (χ0) is 51.4. The van der Waals surface area contributed by atoms with Crippen LogP contribution in [-0.4, -0.2) is 37.2 Å². The van der Waals surface area contributed by atoms with Crippen molar-refractivity contribution in [2.24, 2.45) is 0 Å². The Morgan fingerprint density at radius 1 is 0.296 bits per heavy atom. The van der Waals surface area contributed by atoms with Crippen molar-refractivity contribution in [3.05, 3.63) is 97.2 Å². The number of hydrogen-bond acceptors (Lipinski definition) is 6. The maximum absolute atomic E-state index is 12.8. The Morgan fingerprint density at radius 2 is 0.549 bits per heavy atom. The minimum Gasteiger partial charge on any atom is -0.462 e. The molecule has 0 aromatic heterocycles. The Kier molecular flexibility index (Phi) is 55.9. The summed E-state index contributed by atoms with van der Waals surface area (Å²) in [5, 5.41) is 0. The van der Waals surface area contributed by atoms with Crippen molar-refractivity contribution < 1.29 is 28.6 Å². The molecule has 1 unspecified atom stereocenters. The fourth-order valence-corrected chi connectivity index (χ4v) is 8.16. The fraction of sp³-hybridized carbons (Fsp3) is 0.708. The fourth-order valence-electron chi connectivity index (χ4n) is 8.16. The Bertz CT molecular complexity index is 1410. The number of carbonyl (C=O) groups is 3. The number of rotatable bonds is 53. The van der Waals surface area contributed by atoms with Crippen LogP contribution in [-0.2, 0) is 28.6 Å². The molecule has 0 aromatic carbocycles. The maximum atomic E-state index is 12.8. The molecule has 1 atom stereocenters. The lowest BCUT2D eigenvalue weighted by atomic mass is 10.0. The monoisotopic (exact) mass is 987 g/mol. The summed E-state index contributed by atoms with van der Waals surface area (Å²) in [5.41, 5.74) is 0. The molecule has 0 spiro atoms. The first-order chi connectivity index (χ1) is 35.0. The Morgan fingerprint density at radius 3 is 0.859 bits per heavy atom. The van der Waals surface area contributed by atoms with Gasteiger partial charge in [-0.05, 0) is 83.5 Å². The highest BCUT2D eigenvalue weighted by Gasteiger charge is 2.19. The highest BCUT2D eigenvalue weighted by Crippen LogP contribution is 2.16. The Balaban J connectivity index is 4.05. The van der Waals surface area contributed by atoms with Gasteiger partial charge in [-0.1, -0.05) is 272 Å². The van der Waals surface area contributed by atoms with Gasteiger partial charge in [0.1, 0.15) is 13.2 Å². The van der Waals surface area contributed by atoms with Crippen LogP contribution in [0.1, 0.15) is 278 Å². The van der Waals surface area contributed by atoms with Crippen LogP contribution in [0.15, 0.2) is 97.2 Å². The van der Waals surface area contributed by atoms with Crippen molar-refractivity contribution >= 4 is 17.9 Å². The molecule has 0 N–H and O–H groups in total. The van der Waals surface area contributed by atoms with Crippen LogP contribution >= 0.6 is 0 Å². The summed E-state index contributed by atoms with van der Waals surface area (Å²) in [6.07, 6.45) is 78.8. The topological polar surface area (TPSA) is 78.9 Å². The third-order valence-electron chi connectivity index (χ3n) is 12.6. The van der Waals surface area contributed by atoms with E-state index in [9.17, 15) is 14.4 Å². The predicted octanol–water partition coefficient (Wildman–Crippen LogP) is 20.1. The first-order valence-corrected chi connectivity index (χ1v) is 29.7. The molecule has 0 aliphatic carbocycles. The smallest absolute Gasteiger partial charge is 0.306 e. The van der Waals surface area contributed by atoms with Crippen LogP contribution in [0, 0.1) is 0 Å². The van der Waals surface area contributed by atoms with Crippen LogP contribution in [0.3, 0.4) is 0 Å².